The average Bonchev–Trinajstić information content (AvgIpc) is 3.06. The van der Waals surface area contributed by atoms with Crippen LogP contribution in [0.4, 0.5) is 0 Å². The number of nitrogens with zero attached hydrogens (tertiary/aromatic N) is 1. The van der Waals surface area contributed by atoms with Crippen molar-refractivity contribution < 1.29 is 9.90 Å². The fourth-order valence-corrected chi connectivity index (χ4v) is 7.04. The fourth-order valence-electron chi connectivity index (χ4n) is 7.04. The predicted molar refractivity (Wildman–Crippen MR) is 82.6 cm³/mol. The lowest BCUT2D eigenvalue weighted by atomic mass is 9.47. The van der Waals surface area contributed by atoms with Gasteiger partial charge in [0.05, 0.1) is 11.5 Å². The number of carboxylic acid groups (broad SMARTS) is 1. The van der Waals surface area contributed by atoms with Gasteiger partial charge in [0, 0.05) is 0 Å². The van der Waals surface area contributed by atoms with E-state index in [1.807, 2.05) is 0 Å². The van der Waals surface area contributed by atoms with Gasteiger partial charge in [0.15, 0.2) is 0 Å². The molecule has 3 saturated carbocycles. The van der Waals surface area contributed by atoms with Gasteiger partial charge in [-0.05, 0) is 54.8 Å². The van der Waals surface area contributed by atoms with E-state index in [4.69, 9.17) is 0 Å². The second-order valence-electron chi connectivity index (χ2n) is 8.51. The number of carboxylic acids is 1. The van der Waals surface area contributed by atoms with Gasteiger partial charge in [0.25, 0.3) is 0 Å². The molecule has 4 bridgehead atoms. The summed E-state index contributed by atoms with van der Waals surface area (Å²) in [5, 5.41) is 20.5. The quantitative estimate of drug-likeness (QED) is 0.787. The number of hydrogen-bond donors (Lipinski definition) is 1. The summed E-state index contributed by atoms with van der Waals surface area (Å²) < 4.78 is 0. The predicted octanol–water partition coefficient (Wildman–Crippen LogP) is 3.87. The van der Waals surface area contributed by atoms with Crippen molar-refractivity contribution in [2.45, 2.75) is 46.5 Å². The molecule has 4 unspecified atom stereocenters. The summed E-state index contributed by atoms with van der Waals surface area (Å²) in [5.41, 5.74) is -0.497. The molecule has 1 N–H and O–H groups in total. The third-order valence-electron chi connectivity index (χ3n) is 7.68. The lowest BCUT2D eigenvalue weighted by molar-refractivity contribution is -0.161. The van der Waals surface area contributed by atoms with Gasteiger partial charge in [-0.2, -0.15) is 5.26 Å². The van der Waals surface area contributed by atoms with Gasteiger partial charge in [0.1, 0.15) is 5.41 Å². The van der Waals surface area contributed by atoms with Crippen molar-refractivity contribution in [3.05, 3.63) is 11.6 Å². The molecule has 0 heterocycles. The zero-order valence-corrected chi connectivity index (χ0v) is 13.7. The van der Waals surface area contributed by atoms with Crippen LogP contribution in [-0.4, -0.2) is 11.1 Å². The van der Waals surface area contributed by atoms with E-state index in [0.717, 1.165) is 31.3 Å². The Hall–Kier alpha value is -1.30. The Morgan fingerprint density at radius 1 is 1.41 bits per heavy atom. The first kappa shape index (κ1) is 14.3. The highest BCUT2D eigenvalue weighted by molar-refractivity contribution is 5.84. The highest BCUT2D eigenvalue weighted by Crippen LogP contribution is 2.78. The normalized spacial score (nSPS) is 51.6. The largest absolute Gasteiger partial charge is 0.481 e. The molecule has 3 heteroatoms. The Morgan fingerprint density at radius 2 is 2.14 bits per heavy atom. The van der Waals surface area contributed by atoms with Crippen LogP contribution in [0.2, 0.25) is 0 Å². The number of nitriles is 1. The van der Waals surface area contributed by atoms with E-state index in [1.54, 1.807) is 0 Å². The van der Waals surface area contributed by atoms with Crippen molar-refractivity contribution in [1.29, 1.82) is 5.26 Å². The minimum absolute atomic E-state index is 0.156. The Morgan fingerprint density at radius 3 is 2.73 bits per heavy atom. The SMILES string of the molecule is CC(C)C1=CC2CC3(C#N)[C@@H]4CC[C@@H](C)[C@H]4CC2C13C(=O)O. The molecule has 3 nitrogen and oxygen atoms in total. The maximum absolute atomic E-state index is 12.6. The van der Waals surface area contributed by atoms with Gasteiger partial charge in [-0.15, -0.1) is 0 Å². The van der Waals surface area contributed by atoms with Crippen LogP contribution in [0.25, 0.3) is 0 Å². The van der Waals surface area contributed by atoms with Gasteiger partial charge in [0.2, 0.25) is 0 Å². The van der Waals surface area contributed by atoms with E-state index < -0.39 is 16.8 Å². The Bertz CT molecular complexity index is 615. The summed E-state index contributed by atoms with van der Waals surface area (Å²) in [6.45, 7) is 6.48. The van der Waals surface area contributed by atoms with Crippen LogP contribution >= 0.6 is 0 Å². The topological polar surface area (TPSA) is 61.1 Å². The summed E-state index contributed by atoms with van der Waals surface area (Å²) in [5.74, 6) is 1.44. The van der Waals surface area contributed by atoms with Crippen molar-refractivity contribution in [1.82, 2.24) is 0 Å². The highest BCUT2D eigenvalue weighted by atomic mass is 16.4. The number of hydrogen-bond acceptors (Lipinski definition) is 2. The monoisotopic (exact) mass is 299 g/mol. The molecule has 0 amide bonds. The first-order chi connectivity index (χ1) is 10.4. The first-order valence-electron chi connectivity index (χ1n) is 8.77. The molecule has 4 rings (SSSR count). The molecule has 118 valence electrons. The van der Waals surface area contributed by atoms with Crippen LogP contribution in [0.3, 0.4) is 0 Å². The van der Waals surface area contributed by atoms with Crippen LogP contribution in [0.1, 0.15) is 46.5 Å². The van der Waals surface area contributed by atoms with Crippen LogP contribution < -0.4 is 0 Å². The van der Waals surface area contributed by atoms with E-state index in [-0.39, 0.29) is 17.8 Å². The number of allylic oxidation sites excluding steroid dienone is 1. The Labute approximate surface area is 132 Å². The fraction of sp³-hybridized carbons (Fsp3) is 0.789. The van der Waals surface area contributed by atoms with Crippen molar-refractivity contribution in [3.8, 4) is 6.07 Å². The maximum Gasteiger partial charge on any atom is 0.315 e. The molecule has 0 aromatic rings. The zero-order valence-electron chi connectivity index (χ0n) is 13.7. The summed E-state index contributed by atoms with van der Waals surface area (Å²) in [7, 11) is 0. The molecule has 0 radical (unpaired) electrons. The molecule has 22 heavy (non-hydrogen) atoms. The first-order valence-corrected chi connectivity index (χ1v) is 8.77. The maximum atomic E-state index is 12.6. The lowest BCUT2D eigenvalue weighted by Gasteiger charge is -2.52. The van der Waals surface area contributed by atoms with Crippen molar-refractivity contribution in [3.63, 3.8) is 0 Å². The van der Waals surface area contributed by atoms with Crippen LogP contribution in [0.15, 0.2) is 11.6 Å². The van der Waals surface area contributed by atoms with E-state index in [9.17, 15) is 15.2 Å². The molecule has 0 aromatic carbocycles. The standard InChI is InChI=1S/C19H25NO2/c1-10(2)15-6-12-8-18(9-20)14-5-4-11(3)13(14)7-16(12)19(15,18)17(21)22/h6,10-14,16H,4-5,7-8H2,1-3H3,(H,21,22)/t11-,12?,13-,14-,16?,18?,19?/m1/s1. The second-order valence-corrected chi connectivity index (χ2v) is 8.51. The molecule has 0 saturated heterocycles. The number of aliphatic carboxylic acids is 1. The van der Waals surface area contributed by atoms with Gasteiger partial charge in [-0.3, -0.25) is 4.79 Å². The molecule has 4 aliphatic carbocycles. The van der Waals surface area contributed by atoms with Crippen LogP contribution in [0, 0.1) is 57.7 Å². The van der Waals surface area contributed by atoms with Crippen LogP contribution in [0.5, 0.6) is 0 Å². The van der Waals surface area contributed by atoms with E-state index >= 15 is 0 Å². The van der Waals surface area contributed by atoms with Crippen molar-refractivity contribution >= 4 is 5.97 Å². The Kier molecular flexibility index (Phi) is 2.70. The molecule has 0 spiro atoms. The molecule has 3 fully saturated rings. The number of carbonyl (C=O) groups is 1. The zero-order chi connectivity index (χ0) is 15.9. The highest BCUT2D eigenvalue weighted by Gasteiger charge is 2.78. The van der Waals surface area contributed by atoms with Crippen molar-refractivity contribution in [2.24, 2.45) is 46.3 Å². The molecule has 4 aliphatic rings. The summed E-state index contributed by atoms with van der Waals surface area (Å²) in [4.78, 5) is 12.6. The van der Waals surface area contributed by atoms with Crippen molar-refractivity contribution in [2.75, 3.05) is 0 Å². The number of fused-ring (bicyclic) bond motifs is 2. The molecular weight excluding hydrogens is 274 g/mol. The third-order valence-corrected chi connectivity index (χ3v) is 7.68. The Balaban J connectivity index is 1.95. The van der Waals surface area contributed by atoms with E-state index in [0.29, 0.717) is 17.8 Å². The second kappa shape index (κ2) is 4.16. The third kappa shape index (κ3) is 1.24. The van der Waals surface area contributed by atoms with Gasteiger partial charge >= 0.3 is 5.97 Å². The molecule has 0 aliphatic heterocycles. The van der Waals surface area contributed by atoms with Gasteiger partial charge in [-0.1, -0.05) is 38.8 Å². The molecule has 0 aromatic heterocycles. The number of rotatable bonds is 2. The smallest absolute Gasteiger partial charge is 0.315 e. The summed E-state index contributed by atoms with van der Waals surface area (Å²) in [6, 6.07) is 2.62. The summed E-state index contributed by atoms with van der Waals surface area (Å²) in [6.07, 6.45) is 6.24. The lowest BCUT2D eigenvalue weighted by Crippen LogP contribution is -2.56. The van der Waals surface area contributed by atoms with Gasteiger partial charge in [-0.25, -0.2) is 0 Å². The molecular formula is C19H25NO2. The van der Waals surface area contributed by atoms with E-state index in [1.165, 1.54) is 0 Å². The van der Waals surface area contributed by atoms with Crippen LogP contribution in [-0.2, 0) is 4.79 Å². The minimum atomic E-state index is -0.897. The summed E-state index contributed by atoms with van der Waals surface area (Å²) >= 11 is 0. The minimum Gasteiger partial charge on any atom is -0.481 e. The average molecular weight is 299 g/mol. The van der Waals surface area contributed by atoms with Gasteiger partial charge < -0.3 is 5.11 Å². The molecule has 7 atom stereocenters. The van der Waals surface area contributed by atoms with E-state index in [2.05, 4.69) is 32.9 Å².